The molecule has 1 atom stereocenters. The maximum atomic E-state index is 11.8. The summed E-state index contributed by atoms with van der Waals surface area (Å²) in [6, 6.07) is 3.71. The molecule has 0 saturated heterocycles. The van der Waals surface area contributed by atoms with Crippen molar-refractivity contribution in [1.82, 2.24) is 19.9 Å². The molecular weight excluding hydrogens is 498 g/mol. The number of hydrogen-bond donors (Lipinski definition) is 2. The van der Waals surface area contributed by atoms with Crippen molar-refractivity contribution in [2.75, 3.05) is 38.2 Å². The Kier molecular flexibility index (Phi) is 11.2. The smallest absolute Gasteiger partial charge is 0.326 e. The van der Waals surface area contributed by atoms with E-state index >= 15 is 0 Å². The van der Waals surface area contributed by atoms with Gasteiger partial charge in [0.25, 0.3) is 0 Å². The molecule has 0 spiro atoms. The lowest BCUT2D eigenvalue weighted by Gasteiger charge is -2.24. The van der Waals surface area contributed by atoms with Crippen LogP contribution < -0.4 is 5.32 Å². The van der Waals surface area contributed by atoms with E-state index in [2.05, 4.69) is 48.2 Å². The number of rotatable bonds is 15. The van der Waals surface area contributed by atoms with Crippen LogP contribution in [0.3, 0.4) is 0 Å². The van der Waals surface area contributed by atoms with E-state index < -0.39 is 12.0 Å². The van der Waals surface area contributed by atoms with Crippen molar-refractivity contribution in [2.24, 2.45) is 0 Å². The van der Waals surface area contributed by atoms with Gasteiger partial charge in [0.1, 0.15) is 18.2 Å². The van der Waals surface area contributed by atoms with Crippen LogP contribution in [-0.2, 0) is 28.8 Å². The van der Waals surface area contributed by atoms with Crippen LogP contribution in [0.25, 0.3) is 0 Å². The SMILES string of the molecule is CCOCCN(CCCCc1ccc2c(n1)CCCC2)CC[C@H](Nc1ncncc1Br)C(=O)O. The van der Waals surface area contributed by atoms with Gasteiger partial charge in [0.2, 0.25) is 0 Å². The van der Waals surface area contributed by atoms with E-state index in [9.17, 15) is 9.90 Å². The summed E-state index contributed by atoms with van der Waals surface area (Å²) in [4.78, 5) is 27.1. The van der Waals surface area contributed by atoms with Gasteiger partial charge in [-0.3, -0.25) is 4.98 Å². The summed E-state index contributed by atoms with van der Waals surface area (Å²) in [7, 11) is 0. The number of aromatic nitrogens is 3. The molecule has 0 radical (unpaired) electrons. The van der Waals surface area contributed by atoms with Crippen molar-refractivity contribution in [3.63, 3.8) is 0 Å². The quantitative estimate of drug-likeness (QED) is 0.329. The van der Waals surface area contributed by atoms with Crippen LogP contribution >= 0.6 is 15.9 Å². The van der Waals surface area contributed by atoms with E-state index in [1.165, 1.54) is 36.1 Å². The predicted molar refractivity (Wildman–Crippen MR) is 136 cm³/mol. The molecule has 0 aromatic carbocycles. The van der Waals surface area contributed by atoms with Gasteiger partial charge in [-0.25, -0.2) is 14.8 Å². The molecule has 2 aromatic rings. The van der Waals surface area contributed by atoms with Crippen molar-refractivity contribution < 1.29 is 14.6 Å². The van der Waals surface area contributed by atoms with Crippen LogP contribution in [0.1, 0.15) is 56.0 Å². The van der Waals surface area contributed by atoms with Crippen molar-refractivity contribution >= 4 is 27.7 Å². The molecule has 2 N–H and O–H groups in total. The lowest BCUT2D eigenvalue weighted by Crippen LogP contribution is -2.37. The van der Waals surface area contributed by atoms with Gasteiger partial charge in [0.05, 0.1) is 11.1 Å². The number of nitrogens with one attached hydrogen (secondary N) is 1. The van der Waals surface area contributed by atoms with Crippen molar-refractivity contribution in [2.45, 2.75) is 64.3 Å². The number of anilines is 1. The van der Waals surface area contributed by atoms with Crippen LogP contribution in [0.4, 0.5) is 5.82 Å². The van der Waals surface area contributed by atoms with Gasteiger partial charge in [-0.2, -0.15) is 0 Å². The van der Waals surface area contributed by atoms with Crippen LogP contribution in [0.2, 0.25) is 0 Å². The van der Waals surface area contributed by atoms with Crippen molar-refractivity contribution in [3.8, 4) is 0 Å². The van der Waals surface area contributed by atoms with Crippen LogP contribution in [0, 0.1) is 0 Å². The Morgan fingerprint density at radius 2 is 2.09 bits per heavy atom. The number of unbranched alkanes of at least 4 members (excludes halogenated alkanes) is 1. The summed E-state index contributed by atoms with van der Waals surface area (Å²) in [5, 5.41) is 12.7. The normalized spacial score (nSPS) is 14.1. The van der Waals surface area contributed by atoms with Crippen LogP contribution in [0.15, 0.2) is 29.1 Å². The molecule has 0 fully saturated rings. The van der Waals surface area contributed by atoms with Crippen LogP contribution in [-0.4, -0.2) is 69.8 Å². The second-order valence-electron chi connectivity index (χ2n) is 8.65. The lowest BCUT2D eigenvalue weighted by atomic mass is 9.95. The number of aryl methyl sites for hydroxylation is 3. The Bertz CT molecular complexity index is 914. The molecule has 1 aliphatic rings. The van der Waals surface area contributed by atoms with E-state index in [-0.39, 0.29) is 0 Å². The first kappa shape index (κ1) is 26.5. The maximum Gasteiger partial charge on any atom is 0.326 e. The summed E-state index contributed by atoms with van der Waals surface area (Å²) in [5.41, 5.74) is 3.91. The third-order valence-electron chi connectivity index (χ3n) is 6.16. The van der Waals surface area contributed by atoms with E-state index in [1.54, 1.807) is 6.20 Å². The fourth-order valence-electron chi connectivity index (χ4n) is 4.23. The molecule has 9 heteroatoms. The first-order valence-corrected chi connectivity index (χ1v) is 13.1. The number of carboxylic acids is 1. The highest BCUT2D eigenvalue weighted by atomic mass is 79.9. The van der Waals surface area contributed by atoms with Gasteiger partial charge in [-0.1, -0.05) is 6.07 Å². The molecule has 0 saturated carbocycles. The third kappa shape index (κ3) is 8.60. The molecule has 0 bridgehead atoms. The molecule has 2 heterocycles. The Balaban J connectivity index is 1.48. The summed E-state index contributed by atoms with van der Waals surface area (Å²) < 4.78 is 6.20. The fourth-order valence-corrected chi connectivity index (χ4v) is 4.57. The molecule has 34 heavy (non-hydrogen) atoms. The number of nitrogens with zero attached hydrogens (tertiary/aromatic N) is 4. The zero-order valence-electron chi connectivity index (χ0n) is 20.0. The number of pyridine rings is 1. The van der Waals surface area contributed by atoms with Crippen LogP contribution in [0.5, 0.6) is 0 Å². The molecule has 0 amide bonds. The Labute approximate surface area is 210 Å². The molecule has 3 rings (SSSR count). The Hall–Kier alpha value is -2.10. The summed E-state index contributed by atoms with van der Waals surface area (Å²) >= 11 is 3.37. The minimum atomic E-state index is -0.895. The zero-order valence-corrected chi connectivity index (χ0v) is 21.6. The summed E-state index contributed by atoms with van der Waals surface area (Å²) in [5.74, 6) is -0.408. The van der Waals surface area contributed by atoms with Gasteiger partial charge in [-0.15, -0.1) is 0 Å². The van der Waals surface area contributed by atoms with Gasteiger partial charge >= 0.3 is 5.97 Å². The number of aliphatic carboxylic acids is 1. The first-order valence-electron chi connectivity index (χ1n) is 12.3. The van der Waals surface area contributed by atoms with Crippen molar-refractivity contribution in [1.29, 1.82) is 0 Å². The maximum absolute atomic E-state index is 11.8. The Morgan fingerprint density at radius 1 is 1.24 bits per heavy atom. The topological polar surface area (TPSA) is 100 Å². The Morgan fingerprint density at radius 3 is 2.88 bits per heavy atom. The molecule has 0 aliphatic heterocycles. The highest BCUT2D eigenvalue weighted by Gasteiger charge is 2.20. The van der Waals surface area contributed by atoms with E-state index in [1.807, 2.05) is 6.92 Å². The summed E-state index contributed by atoms with van der Waals surface area (Å²) in [6.45, 7) is 5.66. The van der Waals surface area contributed by atoms with Crippen molar-refractivity contribution in [3.05, 3.63) is 46.1 Å². The number of ether oxygens (including phenoxy) is 1. The second-order valence-corrected chi connectivity index (χ2v) is 9.51. The number of carbonyl (C=O) groups is 1. The highest BCUT2D eigenvalue weighted by Crippen LogP contribution is 2.21. The lowest BCUT2D eigenvalue weighted by molar-refractivity contribution is -0.138. The standard InChI is InChI=1S/C25H36BrN5O3/c1-2-34-16-15-31(14-12-23(25(32)33)30-24-21(26)17-27-18-28-24)13-6-5-8-20-11-10-19-7-3-4-9-22(19)29-20/h10-11,17-18,23H,2-9,12-16H2,1H3,(H,32,33)(H,27,28,30)/t23-/m0/s1. The zero-order chi connectivity index (χ0) is 24.2. The molecule has 1 aliphatic carbocycles. The van der Waals surface area contributed by atoms with Gasteiger partial charge in [0.15, 0.2) is 0 Å². The molecule has 2 aromatic heterocycles. The second kappa shape index (κ2) is 14.3. The minimum Gasteiger partial charge on any atom is -0.480 e. The van der Waals surface area contributed by atoms with Gasteiger partial charge in [-0.05, 0) is 92.4 Å². The average molecular weight is 534 g/mol. The van der Waals surface area contributed by atoms with E-state index in [4.69, 9.17) is 9.72 Å². The number of fused-ring (bicyclic) bond motifs is 1. The minimum absolute atomic E-state index is 0.463. The predicted octanol–water partition coefficient (Wildman–Crippen LogP) is 4.13. The van der Waals surface area contributed by atoms with Gasteiger partial charge < -0.3 is 20.1 Å². The van der Waals surface area contributed by atoms with E-state index in [0.717, 1.165) is 45.2 Å². The third-order valence-corrected chi connectivity index (χ3v) is 6.74. The molecule has 186 valence electrons. The summed E-state index contributed by atoms with van der Waals surface area (Å²) in [6.07, 6.45) is 11.3. The fraction of sp³-hybridized carbons (Fsp3) is 0.600. The number of hydrogen-bond acceptors (Lipinski definition) is 7. The first-order chi connectivity index (χ1) is 16.6. The highest BCUT2D eigenvalue weighted by molar-refractivity contribution is 9.10. The number of halogens is 1. The average Bonchev–Trinajstić information content (AvgIpc) is 2.84. The molecule has 0 unspecified atom stereocenters. The molecular formula is C25H36BrN5O3. The molecule has 8 nitrogen and oxygen atoms in total. The van der Waals surface area contributed by atoms with E-state index in [0.29, 0.717) is 36.5 Å². The number of carboxylic acid groups (broad SMARTS) is 1. The monoisotopic (exact) mass is 533 g/mol. The van der Waals surface area contributed by atoms with Gasteiger partial charge in [0, 0.05) is 37.3 Å². The largest absolute Gasteiger partial charge is 0.480 e.